The molecule has 1 aromatic rings. The molecule has 0 atom stereocenters. The Bertz CT molecular complexity index is 322. The molecular weight excluding hydrogens is 190 g/mol. The Morgan fingerprint density at radius 1 is 1.27 bits per heavy atom. The molecule has 0 aliphatic carbocycles. The summed E-state index contributed by atoms with van der Waals surface area (Å²) in [6, 6.07) is 8.30. The molecule has 1 aliphatic rings. The van der Waals surface area contributed by atoms with Crippen LogP contribution in [0.3, 0.4) is 0 Å². The van der Waals surface area contributed by atoms with Gasteiger partial charge in [0.15, 0.2) is 0 Å². The first kappa shape index (κ1) is 10.5. The molecule has 1 fully saturated rings. The topological polar surface area (TPSA) is 32.7 Å². The maximum atomic E-state index is 9.38. The van der Waals surface area contributed by atoms with Crippen LogP contribution in [0.2, 0.25) is 0 Å². The molecule has 0 aromatic heterocycles. The van der Waals surface area contributed by atoms with Gasteiger partial charge in [-0.2, -0.15) is 0 Å². The highest BCUT2D eigenvalue weighted by molar-refractivity contribution is 5.47. The predicted molar refractivity (Wildman–Crippen MR) is 60.4 cm³/mol. The second-order valence-corrected chi connectivity index (χ2v) is 4.37. The summed E-state index contributed by atoms with van der Waals surface area (Å²) in [6.07, 6.45) is 0. The molecule has 3 heteroatoms. The van der Waals surface area contributed by atoms with Crippen LogP contribution in [0.15, 0.2) is 24.3 Å². The Labute approximate surface area is 90.3 Å². The van der Waals surface area contributed by atoms with Crippen molar-refractivity contribution < 1.29 is 9.84 Å². The standard InChI is InChI=1S/C12H17NO2/c1-13(2)11-5-3-10(4-6-11)12(7-14)8-15-9-12/h3-6,14H,7-9H2,1-2H3. The first-order valence-electron chi connectivity index (χ1n) is 5.14. The summed E-state index contributed by atoms with van der Waals surface area (Å²) in [4.78, 5) is 2.06. The zero-order chi connectivity index (χ0) is 10.9. The lowest BCUT2D eigenvalue weighted by Crippen LogP contribution is -2.49. The summed E-state index contributed by atoms with van der Waals surface area (Å²) in [7, 11) is 4.03. The Morgan fingerprint density at radius 3 is 2.20 bits per heavy atom. The largest absolute Gasteiger partial charge is 0.395 e. The predicted octanol–water partition coefficient (Wildman–Crippen LogP) is 1.01. The maximum absolute atomic E-state index is 9.38. The molecule has 0 unspecified atom stereocenters. The number of anilines is 1. The van der Waals surface area contributed by atoms with Crippen LogP contribution in [0.5, 0.6) is 0 Å². The van der Waals surface area contributed by atoms with Crippen LogP contribution in [0.25, 0.3) is 0 Å². The molecule has 1 heterocycles. The van der Waals surface area contributed by atoms with Crippen LogP contribution >= 0.6 is 0 Å². The van der Waals surface area contributed by atoms with E-state index >= 15 is 0 Å². The number of aliphatic hydroxyl groups is 1. The number of nitrogens with zero attached hydrogens (tertiary/aromatic N) is 1. The Hall–Kier alpha value is -1.06. The fourth-order valence-electron chi connectivity index (χ4n) is 1.81. The summed E-state index contributed by atoms with van der Waals surface area (Å²) >= 11 is 0. The van der Waals surface area contributed by atoms with Gasteiger partial charge in [-0.25, -0.2) is 0 Å². The second kappa shape index (κ2) is 3.83. The van der Waals surface area contributed by atoms with Crippen LogP contribution in [-0.4, -0.2) is 39.0 Å². The van der Waals surface area contributed by atoms with Gasteiger partial charge in [-0.05, 0) is 17.7 Å². The van der Waals surface area contributed by atoms with E-state index in [9.17, 15) is 5.11 Å². The van der Waals surface area contributed by atoms with Crippen molar-refractivity contribution in [3.63, 3.8) is 0 Å². The molecule has 0 radical (unpaired) electrons. The van der Waals surface area contributed by atoms with E-state index < -0.39 is 0 Å². The van der Waals surface area contributed by atoms with Crippen molar-refractivity contribution in [2.24, 2.45) is 0 Å². The third kappa shape index (κ3) is 1.73. The molecule has 3 nitrogen and oxygen atoms in total. The van der Waals surface area contributed by atoms with E-state index in [4.69, 9.17) is 4.74 Å². The summed E-state index contributed by atoms with van der Waals surface area (Å²) in [5, 5.41) is 9.38. The van der Waals surface area contributed by atoms with Crippen LogP contribution in [0.1, 0.15) is 5.56 Å². The smallest absolute Gasteiger partial charge is 0.0651 e. The number of ether oxygens (including phenoxy) is 1. The van der Waals surface area contributed by atoms with Gasteiger partial charge in [-0.15, -0.1) is 0 Å². The Morgan fingerprint density at radius 2 is 1.87 bits per heavy atom. The number of aliphatic hydroxyl groups excluding tert-OH is 1. The molecule has 1 aromatic carbocycles. The summed E-state index contributed by atoms with van der Waals surface area (Å²) < 4.78 is 5.19. The zero-order valence-corrected chi connectivity index (χ0v) is 9.23. The number of rotatable bonds is 3. The molecular formula is C12H17NO2. The van der Waals surface area contributed by atoms with Gasteiger partial charge in [0.05, 0.1) is 25.2 Å². The van der Waals surface area contributed by atoms with E-state index in [-0.39, 0.29) is 12.0 Å². The lowest BCUT2D eigenvalue weighted by atomic mass is 9.79. The number of hydrogen-bond donors (Lipinski definition) is 1. The molecule has 15 heavy (non-hydrogen) atoms. The second-order valence-electron chi connectivity index (χ2n) is 4.37. The average molecular weight is 207 g/mol. The minimum absolute atomic E-state index is 0.148. The van der Waals surface area contributed by atoms with Crippen molar-refractivity contribution in [3.05, 3.63) is 29.8 Å². The summed E-state index contributed by atoms with van der Waals surface area (Å²) in [5.41, 5.74) is 2.19. The summed E-state index contributed by atoms with van der Waals surface area (Å²) in [6.45, 7) is 1.42. The molecule has 1 aliphatic heterocycles. The van der Waals surface area contributed by atoms with Gasteiger partial charge in [0.1, 0.15) is 0 Å². The third-order valence-electron chi connectivity index (χ3n) is 3.06. The van der Waals surface area contributed by atoms with Crippen molar-refractivity contribution in [3.8, 4) is 0 Å². The van der Waals surface area contributed by atoms with Crippen molar-refractivity contribution >= 4 is 5.69 Å². The van der Waals surface area contributed by atoms with Crippen LogP contribution in [0.4, 0.5) is 5.69 Å². The van der Waals surface area contributed by atoms with Crippen LogP contribution < -0.4 is 4.90 Å². The molecule has 1 saturated heterocycles. The van der Waals surface area contributed by atoms with E-state index in [1.807, 2.05) is 14.1 Å². The van der Waals surface area contributed by atoms with E-state index in [2.05, 4.69) is 29.2 Å². The fourth-order valence-corrected chi connectivity index (χ4v) is 1.81. The lowest BCUT2D eigenvalue weighted by molar-refractivity contribution is -0.0841. The van der Waals surface area contributed by atoms with Crippen molar-refractivity contribution in [1.82, 2.24) is 0 Å². The molecule has 82 valence electrons. The minimum Gasteiger partial charge on any atom is -0.395 e. The first-order chi connectivity index (χ1) is 7.18. The first-order valence-corrected chi connectivity index (χ1v) is 5.14. The molecule has 0 spiro atoms. The van der Waals surface area contributed by atoms with E-state index in [0.717, 1.165) is 0 Å². The fraction of sp³-hybridized carbons (Fsp3) is 0.500. The van der Waals surface area contributed by atoms with Gasteiger partial charge in [-0.3, -0.25) is 0 Å². The highest BCUT2D eigenvalue weighted by Gasteiger charge is 2.39. The number of benzene rings is 1. The highest BCUT2D eigenvalue weighted by Crippen LogP contribution is 2.32. The molecule has 0 amide bonds. The van der Waals surface area contributed by atoms with Gasteiger partial charge in [0.25, 0.3) is 0 Å². The van der Waals surface area contributed by atoms with Crippen LogP contribution in [-0.2, 0) is 10.2 Å². The minimum atomic E-state index is -0.148. The quantitative estimate of drug-likeness (QED) is 0.803. The summed E-state index contributed by atoms with van der Waals surface area (Å²) in [5.74, 6) is 0. The monoisotopic (exact) mass is 207 g/mol. The van der Waals surface area contributed by atoms with Crippen molar-refractivity contribution in [2.75, 3.05) is 38.8 Å². The molecule has 1 N–H and O–H groups in total. The third-order valence-corrected chi connectivity index (χ3v) is 3.06. The van der Waals surface area contributed by atoms with Gasteiger partial charge in [0.2, 0.25) is 0 Å². The maximum Gasteiger partial charge on any atom is 0.0651 e. The SMILES string of the molecule is CN(C)c1ccc(C2(CO)COC2)cc1. The van der Waals surface area contributed by atoms with Gasteiger partial charge in [-0.1, -0.05) is 12.1 Å². The van der Waals surface area contributed by atoms with E-state index in [0.29, 0.717) is 13.2 Å². The average Bonchev–Trinajstić information content (AvgIpc) is 2.18. The van der Waals surface area contributed by atoms with Crippen molar-refractivity contribution in [2.45, 2.75) is 5.41 Å². The highest BCUT2D eigenvalue weighted by atomic mass is 16.5. The van der Waals surface area contributed by atoms with Crippen molar-refractivity contribution in [1.29, 1.82) is 0 Å². The van der Waals surface area contributed by atoms with E-state index in [1.54, 1.807) is 0 Å². The Balaban J connectivity index is 2.23. The lowest BCUT2D eigenvalue weighted by Gasteiger charge is -2.40. The zero-order valence-electron chi connectivity index (χ0n) is 9.23. The number of hydrogen-bond acceptors (Lipinski definition) is 3. The molecule has 0 saturated carbocycles. The molecule has 0 bridgehead atoms. The van der Waals surface area contributed by atoms with Gasteiger partial charge >= 0.3 is 0 Å². The van der Waals surface area contributed by atoms with Gasteiger partial charge < -0.3 is 14.7 Å². The van der Waals surface area contributed by atoms with E-state index in [1.165, 1.54) is 11.3 Å². The van der Waals surface area contributed by atoms with Gasteiger partial charge in [0, 0.05) is 19.8 Å². The normalized spacial score (nSPS) is 18.3. The van der Waals surface area contributed by atoms with Crippen LogP contribution in [0, 0.1) is 0 Å². The molecule has 2 rings (SSSR count). The Kier molecular flexibility index (Phi) is 2.67.